The first-order valence-corrected chi connectivity index (χ1v) is 4.78. The van der Waals surface area contributed by atoms with Crippen LogP contribution in [0.4, 0.5) is 0 Å². The summed E-state index contributed by atoms with van der Waals surface area (Å²) >= 11 is 0. The van der Waals surface area contributed by atoms with E-state index in [0.29, 0.717) is 0 Å². The number of rotatable bonds is 2. The predicted octanol–water partition coefficient (Wildman–Crippen LogP) is 1.86. The second kappa shape index (κ2) is 5.00. The third-order valence-corrected chi connectivity index (χ3v) is 2.36. The zero-order valence-corrected chi connectivity index (χ0v) is 7.75. The smallest absolute Gasteiger partial charge is 0.316 e. The average Bonchev–Trinajstić information content (AvgIpc) is 2.19. The maximum atomic E-state index is 11.3. The molecule has 0 saturated heterocycles. The van der Waals surface area contributed by atoms with Gasteiger partial charge in [-0.1, -0.05) is 19.3 Å². The minimum atomic E-state index is -0.518. The molecular formula is C10H15O3. The van der Waals surface area contributed by atoms with Crippen molar-refractivity contribution in [3.63, 3.8) is 0 Å². The number of esters is 2. The first-order valence-electron chi connectivity index (χ1n) is 4.78. The van der Waals surface area contributed by atoms with E-state index in [9.17, 15) is 9.59 Å². The van der Waals surface area contributed by atoms with Crippen LogP contribution < -0.4 is 0 Å². The van der Waals surface area contributed by atoms with Crippen LogP contribution in [0, 0.1) is 12.8 Å². The molecule has 73 valence electrons. The van der Waals surface area contributed by atoms with Gasteiger partial charge in [-0.25, -0.2) is 0 Å². The van der Waals surface area contributed by atoms with E-state index in [0.717, 1.165) is 25.7 Å². The summed E-state index contributed by atoms with van der Waals surface area (Å²) in [5, 5.41) is 0. The van der Waals surface area contributed by atoms with E-state index in [1.807, 2.05) is 0 Å². The van der Waals surface area contributed by atoms with Gasteiger partial charge in [-0.2, -0.15) is 0 Å². The highest BCUT2D eigenvalue weighted by Crippen LogP contribution is 2.24. The number of hydrogen-bond donors (Lipinski definition) is 0. The minimum Gasteiger partial charge on any atom is -0.393 e. The molecule has 3 nitrogen and oxygen atoms in total. The van der Waals surface area contributed by atoms with Crippen LogP contribution in [0.5, 0.6) is 0 Å². The largest absolute Gasteiger partial charge is 0.393 e. The molecular weight excluding hydrogens is 168 g/mol. The predicted molar refractivity (Wildman–Crippen MR) is 47.6 cm³/mol. The molecule has 0 aliphatic heterocycles. The van der Waals surface area contributed by atoms with Crippen LogP contribution >= 0.6 is 0 Å². The summed E-state index contributed by atoms with van der Waals surface area (Å²) in [5.74, 6) is -0.923. The zero-order chi connectivity index (χ0) is 9.68. The lowest BCUT2D eigenvalue weighted by Crippen LogP contribution is -2.22. The fourth-order valence-corrected chi connectivity index (χ4v) is 1.58. The zero-order valence-electron chi connectivity index (χ0n) is 7.75. The molecule has 1 saturated carbocycles. The van der Waals surface area contributed by atoms with Gasteiger partial charge in [0.25, 0.3) is 0 Å². The van der Waals surface area contributed by atoms with Gasteiger partial charge in [0.1, 0.15) is 0 Å². The van der Waals surface area contributed by atoms with E-state index < -0.39 is 5.97 Å². The van der Waals surface area contributed by atoms with Gasteiger partial charge in [-0.3, -0.25) is 9.59 Å². The maximum absolute atomic E-state index is 11.3. The summed E-state index contributed by atoms with van der Waals surface area (Å²) in [6.07, 6.45) is 5.08. The van der Waals surface area contributed by atoms with Crippen molar-refractivity contribution in [2.45, 2.75) is 38.5 Å². The summed E-state index contributed by atoms with van der Waals surface area (Å²) in [6.45, 7) is 3.36. The van der Waals surface area contributed by atoms with E-state index in [2.05, 4.69) is 11.7 Å². The second-order valence-corrected chi connectivity index (χ2v) is 3.38. The Morgan fingerprint density at radius 2 is 1.85 bits per heavy atom. The number of carbonyl (C=O) groups excluding carboxylic acids is 2. The van der Waals surface area contributed by atoms with E-state index in [1.54, 1.807) is 0 Å². The quantitative estimate of drug-likeness (QED) is 0.484. The van der Waals surface area contributed by atoms with Crippen LogP contribution in [0.3, 0.4) is 0 Å². The Bertz CT molecular complexity index is 192. The Hall–Kier alpha value is -0.860. The van der Waals surface area contributed by atoms with Crippen LogP contribution in [0.15, 0.2) is 0 Å². The summed E-state index contributed by atoms with van der Waals surface area (Å²) in [7, 11) is 0. The van der Waals surface area contributed by atoms with Gasteiger partial charge in [0, 0.05) is 6.42 Å². The van der Waals surface area contributed by atoms with Gasteiger partial charge in [0.05, 0.1) is 5.92 Å². The van der Waals surface area contributed by atoms with Gasteiger partial charge >= 0.3 is 11.9 Å². The highest BCUT2D eigenvalue weighted by Gasteiger charge is 2.23. The Morgan fingerprint density at radius 3 is 2.38 bits per heavy atom. The molecule has 0 spiro atoms. The molecule has 1 fully saturated rings. The summed E-state index contributed by atoms with van der Waals surface area (Å²) in [5.41, 5.74) is 0. The lowest BCUT2D eigenvalue weighted by Gasteiger charge is -2.18. The number of ether oxygens (including phenoxy) is 1. The van der Waals surface area contributed by atoms with Crippen molar-refractivity contribution < 1.29 is 14.3 Å². The third-order valence-electron chi connectivity index (χ3n) is 2.36. The normalized spacial score (nSPS) is 18.2. The lowest BCUT2D eigenvalue weighted by atomic mass is 9.89. The fraction of sp³-hybridized carbons (Fsp3) is 0.700. The molecule has 0 heterocycles. The van der Waals surface area contributed by atoms with Crippen LogP contribution in [0.1, 0.15) is 38.5 Å². The van der Waals surface area contributed by atoms with Crippen molar-refractivity contribution in [3.8, 4) is 0 Å². The fourth-order valence-electron chi connectivity index (χ4n) is 1.58. The van der Waals surface area contributed by atoms with Crippen molar-refractivity contribution in [1.29, 1.82) is 0 Å². The maximum Gasteiger partial charge on any atom is 0.316 e. The molecule has 0 aromatic heterocycles. The first kappa shape index (κ1) is 10.2. The summed E-state index contributed by atoms with van der Waals surface area (Å²) in [6, 6.07) is 0. The average molecular weight is 183 g/mol. The van der Waals surface area contributed by atoms with E-state index in [4.69, 9.17) is 0 Å². The molecule has 0 N–H and O–H groups in total. The highest BCUT2D eigenvalue weighted by atomic mass is 16.6. The molecule has 1 aliphatic rings. The monoisotopic (exact) mass is 183 g/mol. The van der Waals surface area contributed by atoms with Crippen molar-refractivity contribution in [2.24, 2.45) is 5.92 Å². The van der Waals surface area contributed by atoms with Gasteiger partial charge in [-0.05, 0) is 19.8 Å². The van der Waals surface area contributed by atoms with E-state index in [1.165, 1.54) is 6.42 Å². The van der Waals surface area contributed by atoms with Crippen LogP contribution in [0.2, 0.25) is 0 Å². The van der Waals surface area contributed by atoms with Crippen molar-refractivity contribution in [2.75, 3.05) is 0 Å². The molecule has 1 radical (unpaired) electrons. The van der Waals surface area contributed by atoms with Gasteiger partial charge in [0.2, 0.25) is 0 Å². The summed E-state index contributed by atoms with van der Waals surface area (Å²) < 4.78 is 4.60. The van der Waals surface area contributed by atoms with E-state index >= 15 is 0 Å². The van der Waals surface area contributed by atoms with Crippen molar-refractivity contribution >= 4 is 11.9 Å². The molecule has 0 amide bonds. The standard InChI is InChI=1S/C10H15O3/c1-2-9(11)13-10(12)8-6-4-3-5-7-8/h8H,1-7H2. The Balaban J connectivity index is 2.33. The minimum absolute atomic E-state index is 0.0262. The SMILES string of the molecule is [CH2]CC(=O)OC(=O)C1CCCCC1. The molecule has 0 atom stereocenters. The van der Waals surface area contributed by atoms with Crippen molar-refractivity contribution in [3.05, 3.63) is 6.92 Å². The molecule has 1 aliphatic carbocycles. The molecule has 0 unspecified atom stereocenters. The molecule has 1 rings (SSSR count). The molecule has 3 heteroatoms. The second-order valence-electron chi connectivity index (χ2n) is 3.38. The molecule has 13 heavy (non-hydrogen) atoms. The van der Waals surface area contributed by atoms with Crippen molar-refractivity contribution in [1.82, 2.24) is 0 Å². The highest BCUT2D eigenvalue weighted by molar-refractivity contribution is 5.86. The molecule has 0 aromatic rings. The Morgan fingerprint density at radius 1 is 1.23 bits per heavy atom. The topological polar surface area (TPSA) is 43.4 Å². The first-order chi connectivity index (χ1) is 6.24. The number of carbonyl (C=O) groups is 2. The lowest BCUT2D eigenvalue weighted by molar-refractivity contribution is -0.162. The third kappa shape index (κ3) is 3.17. The van der Waals surface area contributed by atoms with E-state index in [-0.39, 0.29) is 18.3 Å². The van der Waals surface area contributed by atoms with Crippen LogP contribution in [-0.4, -0.2) is 11.9 Å². The van der Waals surface area contributed by atoms with Gasteiger partial charge < -0.3 is 4.74 Å². The van der Waals surface area contributed by atoms with Crippen LogP contribution in [-0.2, 0) is 14.3 Å². The van der Waals surface area contributed by atoms with Gasteiger partial charge in [-0.15, -0.1) is 0 Å². The Labute approximate surface area is 78.5 Å². The molecule has 0 bridgehead atoms. The molecule has 0 aromatic carbocycles. The van der Waals surface area contributed by atoms with Gasteiger partial charge in [0.15, 0.2) is 0 Å². The number of hydrogen-bond acceptors (Lipinski definition) is 3. The summed E-state index contributed by atoms with van der Waals surface area (Å²) in [4.78, 5) is 22.1. The Kier molecular flexibility index (Phi) is 3.93. The van der Waals surface area contributed by atoms with Crippen LogP contribution in [0.25, 0.3) is 0 Å².